The third-order valence-corrected chi connectivity index (χ3v) is 7.66. The molecule has 1 spiro atoms. The Morgan fingerprint density at radius 2 is 2.00 bits per heavy atom. The SMILES string of the molecule is O=C(O)CSCc1cccc(NC(=O)C2CC23CCS(=O)(=O)CC3)c1. The van der Waals surface area contributed by atoms with Crippen molar-refractivity contribution in [3.05, 3.63) is 29.8 Å². The van der Waals surface area contributed by atoms with Crippen molar-refractivity contribution in [2.75, 3.05) is 22.6 Å². The normalized spacial score (nSPS) is 23.1. The number of thioether (sulfide) groups is 1. The average Bonchev–Trinajstić information content (AvgIpc) is 3.26. The van der Waals surface area contributed by atoms with Crippen LogP contribution in [0, 0.1) is 11.3 Å². The highest BCUT2D eigenvalue weighted by atomic mass is 32.2. The van der Waals surface area contributed by atoms with Crippen LogP contribution in [0.4, 0.5) is 5.69 Å². The van der Waals surface area contributed by atoms with Crippen molar-refractivity contribution < 1.29 is 23.1 Å². The number of hydrogen-bond acceptors (Lipinski definition) is 5. The molecule has 1 heterocycles. The minimum absolute atomic E-state index is 0.0457. The Morgan fingerprint density at radius 3 is 2.68 bits per heavy atom. The molecule has 2 fully saturated rings. The first-order chi connectivity index (χ1) is 11.8. The van der Waals surface area contributed by atoms with Gasteiger partial charge in [-0.05, 0) is 42.4 Å². The van der Waals surface area contributed by atoms with Gasteiger partial charge >= 0.3 is 5.97 Å². The summed E-state index contributed by atoms with van der Waals surface area (Å²) in [6.07, 6.45) is 1.93. The summed E-state index contributed by atoms with van der Waals surface area (Å²) in [7, 11) is -2.92. The predicted molar refractivity (Wildman–Crippen MR) is 97.3 cm³/mol. The number of carboxylic acids is 1. The van der Waals surface area contributed by atoms with Gasteiger partial charge in [-0.2, -0.15) is 0 Å². The second-order valence-corrected chi connectivity index (χ2v) is 10.1. The van der Waals surface area contributed by atoms with E-state index in [1.165, 1.54) is 11.8 Å². The summed E-state index contributed by atoms with van der Waals surface area (Å²) in [6, 6.07) is 7.40. The molecule has 2 aliphatic rings. The molecule has 2 N–H and O–H groups in total. The van der Waals surface area contributed by atoms with Gasteiger partial charge in [0, 0.05) is 17.4 Å². The van der Waals surface area contributed by atoms with Gasteiger partial charge in [0.1, 0.15) is 9.84 Å². The Kier molecular flexibility index (Phi) is 5.11. The van der Waals surface area contributed by atoms with Gasteiger partial charge in [-0.1, -0.05) is 12.1 Å². The van der Waals surface area contributed by atoms with Gasteiger partial charge in [-0.15, -0.1) is 11.8 Å². The molecule has 1 saturated carbocycles. The maximum atomic E-state index is 12.5. The largest absolute Gasteiger partial charge is 0.481 e. The van der Waals surface area contributed by atoms with Gasteiger partial charge in [-0.3, -0.25) is 9.59 Å². The first kappa shape index (κ1) is 18.3. The molecule has 1 aliphatic carbocycles. The lowest BCUT2D eigenvalue weighted by molar-refractivity contribution is -0.133. The molecule has 8 heteroatoms. The number of amides is 1. The predicted octanol–water partition coefficient (Wildman–Crippen LogP) is 2.16. The number of carbonyl (C=O) groups excluding carboxylic acids is 1. The first-order valence-electron chi connectivity index (χ1n) is 8.19. The number of nitrogens with one attached hydrogen (secondary N) is 1. The molecule has 1 aromatic carbocycles. The molecule has 1 atom stereocenters. The molecule has 6 nitrogen and oxygen atoms in total. The zero-order chi connectivity index (χ0) is 18.1. The number of hydrogen-bond donors (Lipinski definition) is 2. The second-order valence-electron chi connectivity index (χ2n) is 6.85. The van der Waals surface area contributed by atoms with E-state index in [0.717, 1.165) is 12.0 Å². The maximum Gasteiger partial charge on any atom is 0.313 e. The van der Waals surface area contributed by atoms with Crippen molar-refractivity contribution in [2.45, 2.75) is 25.0 Å². The van der Waals surface area contributed by atoms with Crippen molar-refractivity contribution in [2.24, 2.45) is 11.3 Å². The highest BCUT2D eigenvalue weighted by Gasteiger charge is 2.59. The Labute approximate surface area is 151 Å². The number of benzene rings is 1. The molecule has 25 heavy (non-hydrogen) atoms. The summed E-state index contributed by atoms with van der Waals surface area (Å²) in [5.41, 5.74) is 1.53. The number of sulfone groups is 1. The third kappa shape index (κ3) is 4.55. The summed E-state index contributed by atoms with van der Waals surface area (Å²) in [6.45, 7) is 0. The minimum Gasteiger partial charge on any atom is -0.481 e. The average molecular weight is 383 g/mol. The molecule has 1 unspecified atom stereocenters. The van der Waals surface area contributed by atoms with E-state index < -0.39 is 15.8 Å². The lowest BCUT2D eigenvalue weighted by Crippen LogP contribution is -2.28. The number of anilines is 1. The fourth-order valence-corrected chi connectivity index (χ4v) is 5.77. The van der Waals surface area contributed by atoms with Crippen LogP contribution in [0.2, 0.25) is 0 Å². The van der Waals surface area contributed by atoms with E-state index in [0.29, 0.717) is 24.3 Å². The van der Waals surface area contributed by atoms with E-state index >= 15 is 0 Å². The lowest BCUT2D eigenvalue weighted by Gasteiger charge is -2.22. The van der Waals surface area contributed by atoms with E-state index in [2.05, 4.69) is 5.32 Å². The molecule has 136 valence electrons. The van der Waals surface area contributed by atoms with Crippen molar-refractivity contribution in [1.29, 1.82) is 0 Å². The summed E-state index contributed by atoms with van der Waals surface area (Å²) in [4.78, 5) is 23.0. The highest BCUT2D eigenvalue weighted by molar-refractivity contribution is 7.99. The van der Waals surface area contributed by atoms with E-state index in [1.54, 1.807) is 0 Å². The van der Waals surface area contributed by atoms with Crippen LogP contribution in [0.25, 0.3) is 0 Å². The third-order valence-electron chi connectivity index (χ3n) is 5.02. The van der Waals surface area contributed by atoms with Crippen LogP contribution in [0.1, 0.15) is 24.8 Å². The molecule has 1 aliphatic heterocycles. The van der Waals surface area contributed by atoms with E-state index in [4.69, 9.17) is 5.11 Å². The summed E-state index contributed by atoms with van der Waals surface area (Å²) in [5, 5.41) is 11.6. The second kappa shape index (κ2) is 6.99. The van der Waals surface area contributed by atoms with Gasteiger partial charge < -0.3 is 10.4 Å². The van der Waals surface area contributed by atoms with Crippen LogP contribution in [0.3, 0.4) is 0 Å². The molecule has 0 radical (unpaired) electrons. The summed E-state index contributed by atoms with van der Waals surface area (Å²) >= 11 is 1.31. The number of carbonyl (C=O) groups is 2. The molecule has 0 bridgehead atoms. The molecule has 1 aromatic rings. The monoisotopic (exact) mass is 383 g/mol. The quantitative estimate of drug-likeness (QED) is 0.781. The zero-order valence-corrected chi connectivity index (χ0v) is 15.4. The molecular formula is C17H21NO5S2. The molecule has 3 rings (SSSR count). The van der Waals surface area contributed by atoms with E-state index in [9.17, 15) is 18.0 Å². The molecule has 1 saturated heterocycles. The number of carboxylic acid groups (broad SMARTS) is 1. The topological polar surface area (TPSA) is 101 Å². The highest BCUT2D eigenvalue weighted by Crippen LogP contribution is 2.60. The molecular weight excluding hydrogens is 362 g/mol. The van der Waals surface area contributed by atoms with Crippen molar-refractivity contribution >= 4 is 39.2 Å². The smallest absolute Gasteiger partial charge is 0.313 e. The maximum absolute atomic E-state index is 12.5. The Bertz CT molecular complexity index is 776. The Hall–Kier alpha value is -1.54. The van der Waals surface area contributed by atoms with Crippen LogP contribution in [-0.2, 0) is 25.2 Å². The lowest BCUT2D eigenvalue weighted by atomic mass is 9.96. The van der Waals surface area contributed by atoms with Crippen LogP contribution < -0.4 is 5.32 Å². The van der Waals surface area contributed by atoms with Crippen LogP contribution in [0.5, 0.6) is 0 Å². The van der Waals surface area contributed by atoms with Gasteiger partial charge in [0.2, 0.25) is 5.91 Å². The summed E-state index contributed by atoms with van der Waals surface area (Å²) in [5.74, 6) is -0.00323. The molecule has 1 amide bonds. The fraction of sp³-hybridized carbons (Fsp3) is 0.529. The minimum atomic E-state index is -2.92. The first-order valence-corrected chi connectivity index (χ1v) is 11.2. The van der Waals surface area contributed by atoms with Crippen LogP contribution >= 0.6 is 11.8 Å². The zero-order valence-electron chi connectivity index (χ0n) is 13.7. The van der Waals surface area contributed by atoms with Gasteiger partial charge in [0.05, 0.1) is 17.3 Å². The van der Waals surface area contributed by atoms with Crippen LogP contribution in [0.15, 0.2) is 24.3 Å². The fourth-order valence-electron chi connectivity index (χ4n) is 3.44. The van der Waals surface area contributed by atoms with E-state index in [1.807, 2.05) is 24.3 Å². The Morgan fingerprint density at radius 1 is 1.28 bits per heavy atom. The van der Waals surface area contributed by atoms with Crippen LogP contribution in [-0.4, -0.2) is 42.7 Å². The van der Waals surface area contributed by atoms with Gasteiger partial charge in [0.25, 0.3) is 0 Å². The van der Waals surface area contributed by atoms with Crippen molar-refractivity contribution in [1.82, 2.24) is 0 Å². The van der Waals surface area contributed by atoms with Crippen molar-refractivity contribution in [3.63, 3.8) is 0 Å². The van der Waals surface area contributed by atoms with Crippen molar-refractivity contribution in [3.8, 4) is 0 Å². The van der Waals surface area contributed by atoms with E-state index in [-0.39, 0.29) is 34.5 Å². The number of aliphatic carboxylic acids is 1. The van der Waals surface area contributed by atoms with Gasteiger partial charge in [-0.25, -0.2) is 8.42 Å². The Balaban J connectivity index is 1.55. The van der Waals surface area contributed by atoms with Gasteiger partial charge in [0.15, 0.2) is 0 Å². The summed E-state index contributed by atoms with van der Waals surface area (Å²) < 4.78 is 23.1. The molecule has 0 aromatic heterocycles. The standard InChI is InChI=1S/C17H21NO5S2/c19-15(20)11-24-10-12-2-1-3-13(8-12)18-16(21)14-9-17(14)4-6-25(22,23)7-5-17/h1-3,8,14H,4-7,9-11H2,(H,18,21)(H,19,20). The number of rotatable bonds is 6.